The first kappa shape index (κ1) is 32.9. The van der Waals surface area contributed by atoms with Crippen molar-refractivity contribution in [2.45, 2.75) is 47.0 Å². The van der Waals surface area contributed by atoms with Gasteiger partial charge in [-0.05, 0) is 81.0 Å². The summed E-state index contributed by atoms with van der Waals surface area (Å²) < 4.78 is 0. The molecule has 7 aromatic rings. The Bertz CT molecular complexity index is 2120. The van der Waals surface area contributed by atoms with Gasteiger partial charge in [-0.25, -0.2) is 0 Å². The van der Waals surface area contributed by atoms with Gasteiger partial charge in [0.2, 0.25) is 0 Å². The van der Waals surface area contributed by atoms with Crippen LogP contribution in [0.1, 0.15) is 43.0 Å². The van der Waals surface area contributed by atoms with Crippen molar-refractivity contribution in [2.24, 2.45) is 0 Å². The van der Waals surface area contributed by atoms with Gasteiger partial charge in [-0.1, -0.05) is 93.9 Å². The van der Waals surface area contributed by atoms with E-state index in [4.69, 9.17) is 0 Å². The van der Waals surface area contributed by atoms with E-state index in [0.717, 1.165) is 22.5 Å². The number of hydrogen-bond acceptors (Lipinski definition) is 2. The molecule has 231 valence electrons. The van der Waals surface area contributed by atoms with E-state index >= 15 is 0 Å². The van der Waals surface area contributed by atoms with E-state index in [1.54, 1.807) is 0 Å². The molecule has 0 spiro atoms. The van der Waals surface area contributed by atoms with Gasteiger partial charge in [0, 0.05) is 32.5 Å². The molecule has 5 aromatic carbocycles. The van der Waals surface area contributed by atoms with Crippen molar-refractivity contribution in [2.75, 3.05) is 0 Å². The maximum atomic E-state index is 4.64. The molecule has 0 N–H and O–H groups in total. The second-order valence-electron chi connectivity index (χ2n) is 12.8. The third-order valence-electron chi connectivity index (χ3n) is 8.40. The zero-order valence-electron chi connectivity index (χ0n) is 27.3. The van der Waals surface area contributed by atoms with E-state index < -0.39 is 0 Å². The molecule has 0 aliphatic carbocycles. The number of nitrogens with zero attached hydrogens (tertiary/aromatic N) is 2. The smallest absolute Gasteiger partial charge is 0.0192 e. The molecular weight excluding hydrogens is 737 g/mol. The molecule has 0 amide bonds. The topological polar surface area (TPSA) is 25.8 Å². The van der Waals surface area contributed by atoms with E-state index in [-0.39, 0.29) is 25.5 Å². The Balaban J connectivity index is 0.000000220. The molecule has 0 aliphatic rings. The minimum Gasteiger partial charge on any atom is -0.305 e. The Labute approximate surface area is 287 Å². The molecule has 0 fully saturated rings. The standard InChI is InChI=1S/C29H24N.C14H14N.Ir/c1-29(2,3)23-15-16-30-28(19-23)22-11-8-10-20(17-22)27-18-21-9-4-5-12-24(21)25-13-6-7-14-26(25)27;1-10-4-6-13(7-5-10)14-8-11(2)12(3)9-15-14;/h4-10,12-19H,1-3H3;4-6,8-9H,1-3H3;/q2*-1;. The summed E-state index contributed by atoms with van der Waals surface area (Å²) in [7, 11) is 0. The van der Waals surface area contributed by atoms with Gasteiger partial charge in [0.05, 0.1) is 0 Å². The molecule has 2 nitrogen and oxygen atoms in total. The number of benzene rings is 5. The SMILES string of the molecule is CC(C)(C)c1ccnc(-c2[c-]ccc(-c3cc4ccccc4c4ccccc34)c2)c1.Cc1c[c-]c(-c2cc(C)c(C)cn2)cc1.[Ir]. The summed E-state index contributed by atoms with van der Waals surface area (Å²) in [6.07, 6.45) is 3.82. The molecule has 0 saturated carbocycles. The maximum absolute atomic E-state index is 4.64. The van der Waals surface area contributed by atoms with Gasteiger partial charge in [-0.15, -0.1) is 70.8 Å². The molecule has 46 heavy (non-hydrogen) atoms. The third kappa shape index (κ3) is 7.18. The number of fused-ring (bicyclic) bond motifs is 3. The summed E-state index contributed by atoms with van der Waals surface area (Å²) in [5.74, 6) is 0. The van der Waals surface area contributed by atoms with Crippen molar-refractivity contribution in [1.82, 2.24) is 9.97 Å². The van der Waals surface area contributed by atoms with Crippen LogP contribution in [-0.4, -0.2) is 9.97 Å². The quantitative estimate of drug-likeness (QED) is 0.132. The molecule has 7 rings (SSSR count). The first-order chi connectivity index (χ1) is 21.7. The monoisotopic (exact) mass is 775 g/mol. The largest absolute Gasteiger partial charge is 0.305 e. The van der Waals surface area contributed by atoms with E-state index in [2.05, 4.69) is 161 Å². The minimum atomic E-state index is 0. The van der Waals surface area contributed by atoms with E-state index in [9.17, 15) is 0 Å². The second kappa shape index (κ2) is 13.9. The Kier molecular flexibility index (Phi) is 9.97. The van der Waals surface area contributed by atoms with Gasteiger partial charge >= 0.3 is 0 Å². The van der Waals surface area contributed by atoms with Gasteiger partial charge in [0.25, 0.3) is 0 Å². The van der Waals surface area contributed by atoms with Crippen LogP contribution in [-0.2, 0) is 25.5 Å². The predicted octanol–water partition coefficient (Wildman–Crippen LogP) is 11.3. The minimum absolute atomic E-state index is 0. The van der Waals surface area contributed by atoms with E-state index in [1.165, 1.54) is 54.9 Å². The maximum Gasteiger partial charge on any atom is 0.0192 e. The summed E-state index contributed by atoms with van der Waals surface area (Å²) in [6.45, 7) is 12.9. The van der Waals surface area contributed by atoms with Crippen LogP contribution in [0.3, 0.4) is 0 Å². The first-order valence-corrected chi connectivity index (χ1v) is 15.5. The van der Waals surface area contributed by atoms with Crippen molar-refractivity contribution in [3.05, 3.63) is 156 Å². The van der Waals surface area contributed by atoms with Crippen LogP contribution in [0.15, 0.2) is 122 Å². The fourth-order valence-electron chi connectivity index (χ4n) is 5.55. The Morgan fingerprint density at radius 3 is 2.04 bits per heavy atom. The fourth-order valence-corrected chi connectivity index (χ4v) is 5.55. The van der Waals surface area contributed by atoms with E-state index in [0.29, 0.717) is 0 Å². The van der Waals surface area contributed by atoms with Crippen LogP contribution in [0, 0.1) is 32.9 Å². The zero-order valence-corrected chi connectivity index (χ0v) is 29.7. The van der Waals surface area contributed by atoms with Crippen LogP contribution in [0.2, 0.25) is 0 Å². The molecule has 0 atom stereocenters. The van der Waals surface area contributed by atoms with Gasteiger partial charge in [-0.3, -0.25) is 0 Å². The summed E-state index contributed by atoms with van der Waals surface area (Å²) in [6, 6.07) is 45.1. The summed E-state index contributed by atoms with van der Waals surface area (Å²) in [5, 5.41) is 5.10. The number of pyridine rings is 2. The molecule has 0 unspecified atom stereocenters. The average Bonchev–Trinajstić information content (AvgIpc) is 3.06. The summed E-state index contributed by atoms with van der Waals surface area (Å²) in [4.78, 5) is 9.05. The first-order valence-electron chi connectivity index (χ1n) is 15.5. The number of rotatable bonds is 3. The van der Waals surface area contributed by atoms with Crippen LogP contribution in [0.5, 0.6) is 0 Å². The normalized spacial score (nSPS) is 11.1. The number of hydrogen-bond donors (Lipinski definition) is 0. The van der Waals surface area contributed by atoms with Crippen molar-refractivity contribution in [3.63, 3.8) is 0 Å². The Hall–Kier alpha value is -4.43. The third-order valence-corrected chi connectivity index (χ3v) is 8.40. The van der Waals surface area contributed by atoms with Crippen molar-refractivity contribution < 1.29 is 20.1 Å². The molecule has 0 bridgehead atoms. The van der Waals surface area contributed by atoms with Gasteiger partial charge < -0.3 is 9.97 Å². The van der Waals surface area contributed by atoms with Crippen LogP contribution in [0.25, 0.3) is 55.2 Å². The fraction of sp³-hybridized carbons (Fsp3) is 0.163. The molecule has 0 aliphatic heterocycles. The Morgan fingerprint density at radius 2 is 1.33 bits per heavy atom. The molecule has 3 heteroatoms. The molecule has 1 radical (unpaired) electrons. The molecule has 0 saturated heterocycles. The van der Waals surface area contributed by atoms with Crippen molar-refractivity contribution in [3.8, 4) is 33.6 Å². The summed E-state index contributed by atoms with van der Waals surface area (Å²) >= 11 is 0. The predicted molar refractivity (Wildman–Crippen MR) is 190 cm³/mol. The summed E-state index contributed by atoms with van der Waals surface area (Å²) in [5.41, 5.74) is 11.6. The Morgan fingerprint density at radius 1 is 0.609 bits per heavy atom. The zero-order chi connectivity index (χ0) is 31.6. The van der Waals surface area contributed by atoms with Crippen LogP contribution in [0.4, 0.5) is 0 Å². The van der Waals surface area contributed by atoms with Crippen molar-refractivity contribution >= 4 is 21.5 Å². The molecular formula is C43H38IrN2-2. The molecule has 2 heterocycles. The number of aromatic nitrogens is 2. The number of aryl methyl sites for hydroxylation is 3. The van der Waals surface area contributed by atoms with E-state index in [1.807, 2.05) is 24.5 Å². The molecule has 2 aromatic heterocycles. The van der Waals surface area contributed by atoms with Gasteiger partial charge in [0.15, 0.2) is 0 Å². The van der Waals surface area contributed by atoms with Gasteiger partial charge in [-0.2, -0.15) is 0 Å². The van der Waals surface area contributed by atoms with Crippen molar-refractivity contribution in [1.29, 1.82) is 0 Å². The average molecular weight is 775 g/mol. The van der Waals surface area contributed by atoms with Gasteiger partial charge in [0.1, 0.15) is 0 Å². The second-order valence-corrected chi connectivity index (χ2v) is 12.8. The van der Waals surface area contributed by atoms with Crippen LogP contribution < -0.4 is 0 Å². The van der Waals surface area contributed by atoms with Crippen LogP contribution >= 0.6 is 0 Å².